The van der Waals surface area contributed by atoms with E-state index in [2.05, 4.69) is 24.3 Å². The maximum atomic E-state index is 12.5. The summed E-state index contributed by atoms with van der Waals surface area (Å²) in [6, 6.07) is 44.0. The fraction of sp³-hybridized carbons (Fsp3) is 0.160. The number of hydrogen-bond donors (Lipinski definition) is 0. The second-order valence-corrected chi connectivity index (χ2v) is 13.8. The summed E-state index contributed by atoms with van der Waals surface area (Å²) in [7, 11) is 3.11. The normalized spacial score (nSPS) is 11.3. The Kier molecular flexibility index (Phi) is 11.6. The minimum Gasteiger partial charge on any atom is -0.493 e. The van der Waals surface area contributed by atoms with Crippen molar-refractivity contribution in [1.82, 2.24) is 0 Å². The van der Waals surface area contributed by atoms with Gasteiger partial charge >= 0.3 is 0 Å². The highest BCUT2D eigenvalue weighted by atomic mass is 16.7. The Hall–Kier alpha value is -6.74. The second kappa shape index (κ2) is 17.6. The molecule has 8 aromatic carbocycles. The summed E-state index contributed by atoms with van der Waals surface area (Å²) in [5.74, 6) is 2.24. The van der Waals surface area contributed by atoms with E-state index in [1.165, 1.54) is 0 Å². The van der Waals surface area contributed by atoms with Crippen molar-refractivity contribution >= 4 is 55.7 Å². The molecule has 0 saturated heterocycles. The molecule has 58 heavy (non-hydrogen) atoms. The summed E-state index contributed by atoms with van der Waals surface area (Å²) >= 11 is 0. The average molecular weight is 771 g/mol. The Morgan fingerprint density at radius 2 is 0.776 bits per heavy atom. The van der Waals surface area contributed by atoms with Crippen molar-refractivity contribution in [2.75, 3.05) is 41.0 Å². The maximum absolute atomic E-state index is 12.5. The van der Waals surface area contributed by atoms with Crippen molar-refractivity contribution in [3.05, 3.63) is 145 Å². The molecule has 0 atom stereocenters. The van der Waals surface area contributed by atoms with Crippen LogP contribution < -0.4 is 18.9 Å². The highest BCUT2D eigenvalue weighted by Gasteiger charge is 2.24. The fourth-order valence-electron chi connectivity index (χ4n) is 7.75. The van der Waals surface area contributed by atoms with Gasteiger partial charge in [0.05, 0.1) is 24.3 Å². The molecule has 0 unspecified atom stereocenters. The van der Waals surface area contributed by atoms with Gasteiger partial charge in [-0.15, -0.1) is 0 Å². The number of hydrogen-bond acceptors (Lipinski definition) is 8. The molecule has 0 aliphatic rings. The predicted molar refractivity (Wildman–Crippen MR) is 230 cm³/mol. The van der Waals surface area contributed by atoms with Gasteiger partial charge in [0.25, 0.3) is 0 Å². The third-order valence-electron chi connectivity index (χ3n) is 10.3. The Morgan fingerprint density at radius 1 is 0.414 bits per heavy atom. The molecule has 0 amide bonds. The van der Waals surface area contributed by atoms with Crippen LogP contribution in [0.15, 0.2) is 133 Å². The van der Waals surface area contributed by atoms with E-state index in [9.17, 15) is 9.59 Å². The number of carbonyl (C=O) groups is 2. The van der Waals surface area contributed by atoms with E-state index in [-0.39, 0.29) is 13.6 Å². The number of fused-ring (bicyclic) bond motifs is 4. The third-order valence-corrected chi connectivity index (χ3v) is 10.3. The second-order valence-electron chi connectivity index (χ2n) is 13.8. The zero-order valence-electron chi connectivity index (χ0n) is 32.4. The van der Waals surface area contributed by atoms with E-state index in [1.807, 2.05) is 109 Å². The molecule has 0 spiro atoms. The van der Waals surface area contributed by atoms with Crippen molar-refractivity contribution in [3.8, 4) is 45.3 Å². The van der Waals surface area contributed by atoms with Crippen LogP contribution in [0, 0.1) is 0 Å². The summed E-state index contributed by atoms with van der Waals surface area (Å²) in [6.07, 6.45) is 3.04. The highest BCUT2D eigenvalue weighted by molar-refractivity contribution is 6.13. The molecule has 8 heteroatoms. The van der Waals surface area contributed by atoms with Crippen LogP contribution in [-0.4, -0.2) is 53.6 Å². The number of rotatable bonds is 17. The molecule has 0 heterocycles. The van der Waals surface area contributed by atoms with Crippen molar-refractivity contribution in [3.63, 3.8) is 0 Å². The highest BCUT2D eigenvalue weighted by Crippen LogP contribution is 2.48. The quantitative estimate of drug-likeness (QED) is 0.0514. The lowest BCUT2D eigenvalue weighted by atomic mass is 9.90. The SMILES string of the molecule is COCOc1c(C=O)cc2ccccc2c1-c1c(OCCCCOc2ccc3ccccc3c2-c2c(OCOC)c(C=O)cc3ccccc23)ccc2ccccc12. The van der Waals surface area contributed by atoms with Gasteiger partial charge in [-0.25, -0.2) is 0 Å². The van der Waals surface area contributed by atoms with Crippen molar-refractivity contribution in [2.24, 2.45) is 0 Å². The molecular weight excluding hydrogens is 729 g/mol. The molecule has 0 aliphatic carbocycles. The zero-order chi connectivity index (χ0) is 39.8. The number of aldehydes is 2. The first kappa shape index (κ1) is 38.1. The summed E-state index contributed by atoms with van der Waals surface area (Å²) in [4.78, 5) is 24.9. The molecule has 8 nitrogen and oxygen atoms in total. The third kappa shape index (κ3) is 7.43. The van der Waals surface area contributed by atoms with Gasteiger partial charge in [-0.1, -0.05) is 109 Å². The number of unbranched alkanes of at least 4 members (excludes halogenated alkanes) is 1. The molecule has 0 aromatic heterocycles. The van der Waals surface area contributed by atoms with Crippen LogP contribution in [0.25, 0.3) is 65.3 Å². The molecule has 0 fully saturated rings. The number of methoxy groups -OCH3 is 2. The first-order valence-corrected chi connectivity index (χ1v) is 19.2. The van der Waals surface area contributed by atoms with E-state index in [4.69, 9.17) is 28.4 Å². The lowest BCUT2D eigenvalue weighted by Crippen LogP contribution is -2.07. The van der Waals surface area contributed by atoms with Crippen LogP contribution in [0.2, 0.25) is 0 Å². The standard InChI is InChI=1S/C50H42O8/c1-53-31-57-49-37(29-51)27-35-15-5-9-19-41(35)47(49)45-39-17-7-3-13-33(39)21-23-43(45)55-25-11-12-26-56-44-24-22-34-14-4-8-18-40(34)46(44)48-42-20-10-6-16-36(42)28-38(30-52)50(48)58-32-54-2/h3-10,13-24,27-30H,11-12,25-26,31-32H2,1-2H3. The monoisotopic (exact) mass is 770 g/mol. The summed E-state index contributed by atoms with van der Waals surface area (Å²) < 4.78 is 36.1. The van der Waals surface area contributed by atoms with Crippen molar-refractivity contribution < 1.29 is 38.0 Å². The maximum Gasteiger partial charge on any atom is 0.188 e. The van der Waals surface area contributed by atoms with Crippen LogP contribution in [0.5, 0.6) is 23.0 Å². The van der Waals surface area contributed by atoms with E-state index in [0.29, 0.717) is 60.2 Å². The topological polar surface area (TPSA) is 89.5 Å². The van der Waals surface area contributed by atoms with Gasteiger partial charge < -0.3 is 28.4 Å². The Balaban J connectivity index is 1.10. The largest absolute Gasteiger partial charge is 0.493 e. The van der Waals surface area contributed by atoms with E-state index >= 15 is 0 Å². The minimum atomic E-state index is -0.0215. The molecule has 0 N–H and O–H groups in total. The van der Waals surface area contributed by atoms with Crippen LogP contribution in [-0.2, 0) is 9.47 Å². The van der Waals surface area contributed by atoms with Gasteiger partial charge in [0.2, 0.25) is 0 Å². The Bertz CT molecular complexity index is 2580. The van der Waals surface area contributed by atoms with E-state index in [1.54, 1.807) is 14.2 Å². The predicted octanol–water partition coefficient (Wildman–Crippen LogP) is 11.5. The smallest absolute Gasteiger partial charge is 0.188 e. The van der Waals surface area contributed by atoms with Gasteiger partial charge in [-0.3, -0.25) is 9.59 Å². The van der Waals surface area contributed by atoms with E-state index in [0.717, 1.165) is 77.9 Å². The minimum absolute atomic E-state index is 0.0215. The molecular formula is C50H42O8. The van der Waals surface area contributed by atoms with Crippen LogP contribution in [0.3, 0.4) is 0 Å². The number of benzene rings is 8. The summed E-state index contributed by atoms with van der Waals surface area (Å²) in [6.45, 7) is 0.790. The first-order valence-electron chi connectivity index (χ1n) is 19.2. The molecule has 290 valence electrons. The Morgan fingerprint density at radius 3 is 1.16 bits per heavy atom. The molecule has 0 radical (unpaired) electrons. The van der Waals surface area contributed by atoms with Crippen molar-refractivity contribution in [2.45, 2.75) is 12.8 Å². The molecule has 8 aromatic rings. The summed E-state index contributed by atoms with van der Waals surface area (Å²) in [5, 5.41) is 7.71. The molecule has 0 saturated carbocycles. The fourth-order valence-corrected chi connectivity index (χ4v) is 7.75. The molecule has 0 aliphatic heterocycles. The molecule has 0 bridgehead atoms. The van der Waals surface area contributed by atoms with Gasteiger partial charge in [0, 0.05) is 36.5 Å². The van der Waals surface area contributed by atoms with Gasteiger partial charge in [0.1, 0.15) is 23.0 Å². The van der Waals surface area contributed by atoms with Crippen LogP contribution >= 0.6 is 0 Å². The van der Waals surface area contributed by atoms with Crippen LogP contribution in [0.1, 0.15) is 33.6 Å². The Labute approximate surface area is 336 Å². The number of carbonyl (C=O) groups excluding carboxylic acids is 2. The van der Waals surface area contributed by atoms with Gasteiger partial charge in [-0.2, -0.15) is 0 Å². The lowest BCUT2D eigenvalue weighted by molar-refractivity contribution is 0.0508. The summed E-state index contributed by atoms with van der Waals surface area (Å²) in [5.41, 5.74) is 4.10. The van der Waals surface area contributed by atoms with Crippen molar-refractivity contribution in [1.29, 1.82) is 0 Å². The lowest BCUT2D eigenvalue weighted by Gasteiger charge is -2.21. The zero-order valence-corrected chi connectivity index (χ0v) is 32.4. The van der Waals surface area contributed by atoms with Gasteiger partial charge in [0.15, 0.2) is 26.2 Å². The van der Waals surface area contributed by atoms with Crippen LogP contribution in [0.4, 0.5) is 0 Å². The molecule has 8 rings (SSSR count). The van der Waals surface area contributed by atoms with E-state index < -0.39 is 0 Å². The number of ether oxygens (including phenoxy) is 6. The average Bonchev–Trinajstić information content (AvgIpc) is 3.27. The van der Waals surface area contributed by atoms with Gasteiger partial charge in [-0.05, 0) is 80.2 Å². The first-order chi connectivity index (χ1) is 28.6.